The molecule has 32 heavy (non-hydrogen) atoms. The number of nitrogens with one attached hydrogen (secondary N) is 1. The first kappa shape index (κ1) is 21.3. The van der Waals surface area contributed by atoms with Crippen molar-refractivity contribution in [1.82, 2.24) is 0 Å². The fraction of sp³-hybridized carbons (Fsp3) is 0.154. The van der Waals surface area contributed by atoms with Crippen LogP contribution in [0.2, 0.25) is 0 Å². The Morgan fingerprint density at radius 3 is 2.44 bits per heavy atom. The summed E-state index contributed by atoms with van der Waals surface area (Å²) in [6.07, 6.45) is 0. The van der Waals surface area contributed by atoms with Gasteiger partial charge >= 0.3 is 0 Å². The second-order valence-corrected chi connectivity index (χ2v) is 7.73. The number of amides is 1. The van der Waals surface area contributed by atoms with E-state index in [-0.39, 0.29) is 22.6 Å². The van der Waals surface area contributed by atoms with E-state index in [2.05, 4.69) is 5.32 Å². The molecule has 0 saturated carbocycles. The highest BCUT2D eigenvalue weighted by Crippen LogP contribution is 2.32. The van der Waals surface area contributed by atoms with Crippen LogP contribution in [0, 0.1) is 26.6 Å². The Hall–Kier alpha value is -3.93. The summed E-state index contributed by atoms with van der Waals surface area (Å²) >= 11 is 0. The number of anilines is 1. The number of halogens is 1. The summed E-state index contributed by atoms with van der Waals surface area (Å²) in [7, 11) is 0. The van der Waals surface area contributed by atoms with Crippen molar-refractivity contribution in [3.63, 3.8) is 0 Å². The van der Waals surface area contributed by atoms with E-state index in [4.69, 9.17) is 9.15 Å². The minimum Gasteiger partial charge on any atom is -0.476 e. The fourth-order valence-corrected chi connectivity index (χ4v) is 3.59. The molecule has 0 spiro atoms. The van der Waals surface area contributed by atoms with Crippen LogP contribution in [-0.2, 0) is 4.79 Å². The summed E-state index contributed by atoms with van der Waals surface area (Å²) < 4.78 is 25.6. The van der Waals surface area contributed by atoms with Crippen LogP contribution in [0.15, 0.2) is 69.9 Å². The molecule has 6 heteroatoms. The van der Waals surface area contributed by atoms with Crippen LogP contribution in [-0.4, -0.2) is 12.5 Å². The number of aryl methyl sites for hydroxylation is 3. The SMILES string of the molecule is Cc1ccc(-c2oc3cc(C)cc(C)c3c(=O)c2OCC(=O)Nc2ccccc2F)cc1. The first-order valence-corrected chi connectivity index (χ1v) is 10.2. The highest BCUT2D eigenvalue weighted by Gasteiger charge is 2.20. The van der Waals surface area contributed by atoms with Gasteiger partial charge in [0.05, 0.1) is 11.1 Å². The molecule has 4 aromatic rings. The lowest BCUT2D eigenvalue weighted by Gasteiger charge is -2.13. The van der Waals surface area contributed by atoms with Gasteiger partial charge in [0, 0.05) is 5.56 Å². The largest absolute Gasteiger partial charge is 0.476 e. The highest BCUT2D eigenvalue weighted by atomic mass is 19.1. The number of hydrogen-bond donors (Lipinski definition) is 1. The summed E-state index contributed by atoms with van der Waals surface area (Å²) in [4.78, 5) is 25.8. The maximum Gasteiger partial charge on any atom is 0.262 e. The molecular formula is C26H22FNO4. The van der Waals surface area contributed by atoms with Gasteiger partial charge in [-0.25, -0.2) is 4.39 Å². The average molecular weight is 431 g/mol. The van der Waals surface area contributed by atoms with Crippen LogP contribution in [0.3, 0.4) is 0 Å². The van der Waals surface area contributed by atoms with E-state index in [9.17, 15) is 14.0 Å². The zero-order valence-corrected chi connectivity index (χ0v) is 18.0. The number of para-hydroxylation sites is 1. The van der Waals surface area contributed by atoms with Gasteiger partial charge in [-0.2, -0.15) is 0 Å². The maximum absolute atomic E-state index is 13.8. The smallest absolute Gasteiger partial charge is 0.262 e. The zero-order valence-electron chi connectivity index (χ0n) is 18.0. The Bertz CT molecular complexity index is 1370. The Morgan fingerprint density at radius 2 is 1.72 bits per heavy atom. The van der Waals surface area contributed by atoms with Gasteiger partial charge in [0.15, 0.2) is 12.4 Å². The predicted molar refractivity (Wildman–Crippen MR) is 123 cm³/mol. The van der Waals surface area contributed by atoms with E-state index in [0.717, 1.165) is 16.7 Å². The Balaban J connectivity index is 1.74. The molecular weight excluding hydrogens is 409 g/mol. The molecule has 0 atom stereocenters. The van der Waals surface area contributed by atoms with Crippen LogP contribution in [0.5, 0.6) is 5.75 Å². The number of benzene rings is 3. The van der Waals surface area contributed by atoms with Crippen molar-refractivity contribution in [2.24, 2.45) is 0 Å². The van der Waals surface area contributed by atoms with Crippen molar-refractivity contribution in [2.45, 2.75) is 20.8 Å². The van der Waals surface area contributed by atoms with Crippen LogP contribution in [0.1, 0.15) is 16.7 Å². The van der Waals surface area contributed by atoms with Crippen LogP contribution in [0.25, 0.3) is 22.3 Å². The van der Waals surface area contributed by atoms with Gasteiger partial charge < -0.3 is 14.5 Å². The van der Waals surface area contributed by atoms with Crippen LogP contribution >= 0.6 is 0 Å². The lowest BCUT2D eigenvalue weighted by Crippen LogP contribution is -2.23. The van der Waals surface area contributed by atoms with E-state index in [0.29, 0.717) is 16.5 Å². The topological polar surface area (TPSA) is 68.5 Å². The molecule has 1 heterocycles. The van der Waals surface area contributed by atoms with Crippen molar-refractivity contribution in [3.8, 4) is 17.1 Å². The van der Waals surface area contributed by atoms with E-state index in [1.807, 2.05) is 51.1 Å². The van der Waals surface area contributed by atoms with Gasteiger partial charge in [0.1, 0.15) is 11.4 Å². The number of fused-ring (bicyclic) bond motifs is 1. The molecule has 5 nitrogen and oxygen atoms in total. The minimum atomic E-state index is -0.593. The average Bonchev–Trinajstić information content (AvgIpc) is 2.74. The maximum atomic E-state index is 13.8. The van der Waals surface area contributed by atoms with Crippen molar-refractivity contribution in [1.29, 1.82) is 0 Å². The molecule has 1 amide bonds. The molecule has 4 rings (SSSR count). The third-order valence-electron chi connectivity index (χ3n) is 5.10. The van der Waals surface area contributed by atoms with Gasteiger partial charge in [0.25, 0.3) is 5.91 Å². The summed E-state index contributed by atoms with van der Waals surface area (Å²) in [5.41, 5.74) is 3.55. The van der Waals surface area contributed by atoms with Crippen molar-refractivity contribution < 1.29 is 18.3 Å². The Kier molecular flexibility index (Phi) is 5.77. The lowest BCUT2D eigenvalue weighted by molar-refractivity contribution is -0.118. The highest BCUT2D eigenvalue weighted by molar-refractivity contribution is 5.92. The molecule has 162 valence electrons. The third-order valence-corrected chi connectivity index (χ3v) is 5.10. The molecule has 0 radical (unpaired) electrons. The normalized spacial score (nSPS) is 10.9. The number of hydrogen-bond acceptors (Lipinski definition) is 4. The monoisotopic (exact) mass is 431 g/mol. The number of ether oxygens (including phenoxy) is 1. The van der Waals surface area contributed by atoms with Crippen LogP contribution < -0.4 is 15.5 Å². The summed E-state index contributed by atoms with van der Waals surface area (Å²) in [5, 5.41) is 2.85. The molecule has 0 aliphatic rings. The fourth-order valence-electron chi connectivity index (χ4n) is 3.59. The molecule has 0 saturated heterocycles. The van der Waals surface area contributed by atoms with Crippen LogP contribution in [0.4, 0.5) is 10.1 Å². The third kappa shape index (κ3) is 4.25. The number of carbonyl (C=O) groups excluding carboxylic acids is 1. The van der Waals surface area contributed by atoms with Crippen molar-refractivity contribution in [3.05, 3.63) is 93.4 Å². The van der Waals surface area contributed by atoms with Gasteiger partial charge in [-0.05, 0) is 50.1 Å². The van der Waals surface area contributed by atoms with Crippen molar-refractivity contribution in [2.75, 3.05) is 11.9 Å². The van der Waals surface area contributed by atoms with Gasteiger partial charge in [-0.3, -0.25) is 9.59 Å². The molecule has 1 aromatic heterocycles. The molecule has 0 aliphatic heterocycles. The summed E-state index contributed by atoms with van der Waals surface area (Å²) in [6, 6.07) is 17.0. The zero-order chi connectivity index (χ0) is 22.8. The lowest BCUT2D eigenvalue weighted by atomic mass is 10.0. The second kappa shape index (κ2) is 8.67. The Morgan fingerprint density at radius 1 is 1.00 bits per heavy atom. The molecule has 3 aromatic carbocycles. The molecule has 0 aliphatic carbocycles. The number of carbonyl (C=O) groups is 1. The van der Waals surface area contributed by atoms with Crippen molar-refractivity contribution >= 4 is 22.6 Å². The molecule has 0 bridgehead atoms. The van der Waals surface area contributed by atoms with E-state index >= 15 is 0 Å². The van der Waals surface area contributed by atoms with E-state index in [1.54, 1.807) is 12.1 Å². The minimum absolute atomic E-state index is 0.0386. The van der Waals surface area contributed by atoms with E-state index in [1.165, 1.54) is 18.2 Å². The Labute approximate surface area is 184 Å². The second-order valence-electron chi connectivity index (χ2n) is 7.73. The standard InChI is InChI=1S/C26H22FNO4/c1-15-8-10-18(11-9-15)25-26(24(30)23-17(3)12-16(2)13-21(23)32-25)31-14-22(29)28-20-7-5-4-6-19(20)27/h4-13H,14H2,1-3H3,(H,28,29). The van der Waals surface area contributed by atoms with Gasteiger partial charge in [-0.15, -0.1) is 0 Å². The molecule has 0 unspecified atom stereocenters. The van der Waals surface area contributed by atoms with Gasteiger partial charge in [-0.1, -0.05) is 48.0 Å². The van der Waals surface area contributed by atoms with Gasteiger partial charge in [0.2, 0.25) is 11.2 Å². The summed E-state index contributed by atoms with van der Waals surface area (Å²) in [5.74, 6) is -0.967. The summed E-state index contributed by atoms with van der Waals surface area (Å²) in [6.45, 7) is 5.23. The first-order chi connectivity index (χ1) is 15.3. The number of rotatable bonds is 5. The van der Waals surface area contributed by atoms with E-state index < -0.39 is 18.3 Å². The first-order valence-electron chi connectivity index (χ1n) is 10.2. The quantitative estimate of drug-likeness (QED) is 0.450. The predicted octanol–water partition coefficient (Wildman–Crippen LogP) is 5.54. The molecule has 0 fully saturated rings. The molecule has 1 N–H and O–H groups in total.